The summed E-state index contributed by atoms with van der Waals surface area (Å²) in [6.45, 7) is 0. The van der Waals surface area contributed by atoms with Gasteiger partial charge in [0.25, 0.3) is 11.7 Å². The van der Waals surface area contributed by atoms with Crippen molar-refractivity contribution in [3.63, 3.8) is 0 Å². The van der Waals surface area contributed by atoms with Gasteiger partial charge in [-0.2, -0.15) is 0 Å². The van der Waals surface area contributed by atoms with E-state index < -0.39 is 17.7 Å². The molecule has 0 spiro atoms. The number of aliphatic hydroxyl groups is 1. The highest BCUT2D eigenvalue weighted by atomic mass is 35.5. The lowest BCUT2D eigenvalue weighted by atomic mass is 9.94. The van der Waals surface area contributed by atoms with Crippen LogP contribution >= 0.6 is 11.6 Å². The third-order valence-electron chi connectivity index (χ3n) is 6.04. The number of rotatable bonds is 4. The van der Waals surface area contributed by atoms with Crippen molar-refractivity contribution in [1.29, 1.82) is 0 Å². The van der Waals surface area contributed by atoms with E-state index in [-0.39, 0.29) is 17.4 Å². The molecule has 1 N–H and O–H groups in total. The number of carbonyl (C=O) groups excluding carboxylic acids is 2. The molecule has 1 amide bonds. The zero-order valence-electron chi connectivity index (χ0n) is 17.1. The lowest BCUT2D eigenvalue weighted by Gasteiger charge is -2.31. The van der Waals surface area contributed by atoms with Gasteiger partial charge in [0.05, 0.1) is 11.6 Å². The van der Waals surface area contributed by atoms with Crippen molar-refractivity contribution in [2.75, 3.05) is 19.0 Å². The lowest BCUT2D eigenvalue weighted by molar-refractivity contribution is -0.141. The highest BCUT2D eigenvalue weighted by molar-refractivity contribution is 6.46. The number of carbonyl (C=O) groups is 2. The first-order chi connectivity index (χ1) is 14.4. The summed E-state index contributed by atoms with van der Waals surface area (Å²) in [6.07, 6.45) is 3.83. The fraction of sp³-hybridized carbons (Fsp3) is 0.333. The zero-order chi connectivity index (χ0) is 21.4. The predicted molar refractivity (Wildman–Crippen MR) is 119 cm³/mol. The standard InChI is InChI=1S/C24H25ClN2O3/c1-26(2)18-13-9-15(10-14-18)21-20(22(28)16-7-11-17(25)12-8-16)23(29)24(30)27(21)19-5-3-4-6-19/h7-14,19,21,28H,3-6H2,1-2H3/b22-20-. The Labute approximate surface area is 181 Å². The van der Waals surface area contributed by atoms with Crippen LogP contribution in [0.1, 0.15) is 42.9 Å². The van der Waals surface area contributed by atoms with Crippen molar-refractivity contribution in [1.82, 2.24) is 4.90 Å². The molecule has 1 aliphatic carbocycles. The number of amides is 1. The second-order valence-electron chi connectivity index (χ2n) is 8.14. The van der Waals surface area contributed by atoms with Crippen LogP contribution in [0.4, 0.5) is 5.69 Å². The van der Waals surface area contributed by atoms with E-state index in [4.69, 9.17) is 11.6 Å². The SMILES string of the molecule is CN(C)c1ccc(C2/C(=C(/O)c3ccc(Cl)cc3)C(=O)C(=O)N2C2CCCC2)cc1. The molecule has 0 bridgehead atoms. The largest absolute Gasteiger partial charge is 0.507 e. The van der Waals surface area contributed by atoms with Gasteiger partial charge in [-0.05, 0) is 54.8 Å². The molecule has 156 valence electrons. The smallest absolute Gasteiger partial charge is 0.295 e. The second-order valence-corrected chi connectivity index (χ2v) is 8.57. The topological polar surface area (TPSA) is 60.9 Å². The Morgan fingerprint density at radius 3 is 2.17 bits per heavy atom. The molecule has 1 heterocycles. The van der Waals surface area contributed by atoms with Crippen molar-refractivity contribution in [2.24, 2.45) is 0 Å². The van der Waals surface area contributed by atoms with E-state index in [1.54, 1.807) is 29.2 Å². The number of hydrogen-bond donors (Lipinski definition) is 1. The third kappa shape index (κ3) is 3.58. The minimum atomic E-state index is -0.629. The summed E-state index contributed by atoms with van der Waals surface area (Å²) >= 11 is 5.97. The number of likely N-dealkylation sites (tertiary alicyclic amines) is 1. The molecule has 0 aromatic heterocycles. The third-order valence-corrected chi connectivity index (χ3v) is 6.29. The van der Waals surface area contributed by atoms with Crippen molar-refractivity contribution in [3.8, 4) is 0 Å². The average Bonchev–Trinajstić information content (AvgIpc) is 3.35. The van der Waals surface area contributed by atoms with Gasteiger partial charge in [0, 0.05) is 36.4 Å². The van der Waals surface area contributed by atoms with E-state index in [0.29, 0.717) is 10.6 Å². The van der Waals surface area contributed by atoms with E-state index in [2.05, 4.69) is 0 Å². The van der Waals surface area contributed by atoms with Gasteiger partial charge >= 0.3 is 0 Å². The number of ketones is 1. The first-order valence-electron chi connectivity index (χ1n) is 10.2. The number of Topliss-reactive ketones (excluding diaryl/α,β-unsaturated/α-hetero) is 1. The summed E-state index contributed by atoms with van der Waals surface area (Å²) in [4.78, 5) is 29.8. The molecule has 1 atom stereocenters. The van der Waals surface area contributed by atoms with Crippen molar-refractivity contribution in [3.05, 3.63) is 70.3 Å². The monoisotopic (exact) mass is 424 g/mol. The van der Waals surface area contributed by atoms with Crippen LogP contribution in [0.15, 0.2) is 54.1 Å². The summed E-state index contributed by atoms with van der Waals surface area (Å²) in [7, 11) is 3.92. The number of hydrogen-bond acceptors (Lipinski definition) is 4. The molecule has 1 aliphatic heterocycles. The molecule has 2 fully saturated rings. The Morgan fingerprint density at radius 1 is 1.00 bits per heavy atom. The van der Waals surface area contributed by atoms with Gasteiger partial charge in [0.2, 0.25) is 0 Å². The van der Waals surface area contributed by atoms with Gasteiger partial charge in [-0.1, -0.05) is 36.6 Å². The van der Waals surface area contributed by atoms with Gasteiger partial charge in [-0.15, -0.1) is 0 Å². The fourth-order valence-corrected chi connectivity index (χ4v) is 4.58. The normalized spacial score (nSPS) is 21.4. The number of benzene rings is 2. The molecule has 5 nitrogen and oxygen atoms in total. The molecule has 0 radical (unpaired) electrons. The molecule has 4 rings (SSSR count). The van der Waals surface area contributed by atoms with Gasteiger partial charge < -0.3 is 14.9 Å². The summed E-state index contributed by atoms with van der Waals surface area (Å²) in [5.41, 5.74) is 2.46. The van der Waals surface area contributed by atoms with Crippen molar-refractivity contribution in [2.45, 2.75) is 37.8 Å². The molecule has 1 saturated carbocycles. The van der Waals surface area contributed by atoms with Gasteiger partial charge in [-0.3, -0.25) is 9.59 Å². The zero-order valence-corrected chi connectivity index (χ0v) is 17.9. The number of anilines is 1. The second kappa shape index (κ2) is 8.15. The number of halogens is 1. The first-order valence-corrected chi connectivity index (χ1v) is 10.6. The van der Waals surface area contributed by atoms with Crippen LogP contribution in [0.3, 0.4) is 0 Å². The Morgan fingerprint density at radius 2 is 1.60 bits per heavy atom. The number of aliphatic hydroxyl groups excluding tert-OH is 1. The van der Waals surface area contributed by atoms with E-state index in [1.807, 2.05) is 43.3 Å². The van der Waals surface area contributed by atoms with Gasteiger partial charge in [0.15, 0.2) is 0 Å². The Bertz CT molecular complexity index is 990. The lowest BCUT2D eigenvalue weighted by Crippen LogP contribution is -2.37. The summed E-state index contributed by atoms with van der Waals surface area (Å²) in [6, 6.07) is 13.8. The maximum atomic E-state index is 13.1. The first kappa shape index (κ1) is 20.5. The van der Waals surface area contributed by atoms with Crippen LogP contribution in [0.25, 0.3) is 5.76 Å². The molecule has 2 aromatic rings. The van der Waals surface area contributed by atoms with Crippen LogP contribution < -0.4 is 4.90 Å². The maximum Gasteiger partial charge on any atom is 0.295 e. The molecule has 2 aliphatic rings. The number of nitrogens with zero attached hydrogens (tertiary/aromatic N) is 2. The molecule has 1 saturated heterocycles. The van der Waals surface area contributed by atoms with Crippen molar-refractivity contribution < 1.29 is 14.7 Å². The highest BCUT2D eigenvalue weighted by Gasteiger charge is 2.49. The van der Waals surface area contributed by atoms with Crippen LogP contribution in [0.2, 0.25) is 5.02 Å². The summed E-state index contributed by atoms with van der Waals surface area (Å²) in [5, 5.41) is 11.6. The average molecular weight is 425 g/mol. The molecular weight excluding hydrogens is 400 g/mol. The highest BCUT2D eigenvalue weighted by Crippen LogP contribution is 2.43. The molecule has 6 heteroatoms. The molecule has 1 unspecified atom stereocenters. The quantitative estimate of drug-likeness (QED) is 0.436. The Kier molecular flexibility index (Phi) is 5.56. The predicted octanol–water partition coefficient (Wildman–Crippen LogP) is 4.77. The van der Waals surface area contributed by atoms with E-state index >= 15 is 0 Å². The minimum Gasteiger partial charge on any atom is -0.507 e. The Balaban J connectivity index is 1.85. The fourth-order valence-electron chi connectivity index (χ4n) is 4.45. The molecular formula is C24H25ClN2O3. The Hall–Kier alpha value is -2.79. The van der Waals surface area contributed by atoms with Crippen LogP contribution in [0.5, 0.6) is 0 Å². The van der Waals surface area contributed by atoms with Crippen LogP contribution in [-0.2, 0) is 9.59 Å². The van der Waals surface area contributed by atoms with Crippen LogP contribution in [0, 0.1) is 0 Å². The van der Waals surface area contributed by atoms with E-state index in [1.165, 1.54) is 0 Å². The minimum absolute atomic E-state index is 0.00972. The van der Waals surface area contributed by atoms with Crippen LogP contribution in [-0.4, -0.2) is 41.8 Å². The van der Waals surface area contributed by atoms with Gasteiger partial charge in [-0.25, -0.2) is 0 Å². The van der Waals surface area contributed by atoms with Gasteiger partial charge in [0.1, 0.15) is 5.76 Å². The van der Waals surface area contributed by atoms with E-state index in [9.17, 15) is 14.7 Å². The van der Waals surface area contributed by atoms with Crippen molar-refractivity contribution >= 4 is 34.7 Å². The van der Waals surface area contributed by atoms with E-state index in [0.717, 1.165) is 36.9 Å². The maximum absolute atomic E-state index is 13.1. The molecule has 30 heavy (non-hydrogen) atoms. The molecule has 2 aromatic carbocycles. The summed E-state index contributed by atoms with van der Waals surface area (Å²) in [5.74, 6) is -1.32. The summed E-state index contributed by atoms with van der Waals surface area (Å²) < 4.78 is 0.